The number of hydrogen-bond acceptors (Lipinski definition) is 1. The van der Waals surface area contributed by atoms with Crippen molar-refractivity contribution >= 4 is 6.03 Å². The normalized spacial score (nSPS) is 19.2. The van der Waals surface area contributed by atoms with Crippen molar-refractivity contribution in [2.75, 3.05) is 13.1 Å². The van der Waals surface area contributed by atoms with Crippen LogP contribution in [-0.4, -0.2) is 30.1 Å². The summed E-state index contributed by atoms with van der Waals surface area (Å²) in [6.45, 7) is 8.42. The summed E-state index contributed by atoms with van der Waals surface area (Å²) in [5.41, 5.74) is 0. The molecule has 1 heterocycles. The Hall–Kier alpha value is -0.730. The Morgan fingerprint density at radius 2 is 2.07 bits per heavy atom. The summed E-state index contributed by atoms with van der Waals surface area (Å²) in [4.78, 5) is 13.5. The smallest absolute Gasteiger partial charge is 0.317 e. The molecule has 0 aromatic heterocycles. The monoisotopic (exact) mass is 212 g/mol. The molecule has 15 heavy (non-hydrogen) atoms. The summed E-state index contributed by atoms with van der Waals surface area (Å²) >= 11 is 0. The number of rotatable bonds is 5. The first-order valence-corrected chi connectivity index (χ1v) is 6.15. The third kappa shape index (κ3) is 4.10. The van der Waals surface area contributed by atoms with Gasteiger partial charge in [0, 0.05) is 19.1 Å². The molecule has 0 spiro atoms. The number of nitrogens with zero attached hydrogens (tertiary/aromatic N) is 1. The first kappa shape index (κ1) is 12.3. The Balaban J connectivity index is 2.25. The summed E-state index contributed by atoms with van der Waals surface area (Å²) in [6.07, 6.45) is 4.70. The molecule has 1 saturated heterocycles. The topological polar surface area (TPSA) is 32.3 Å². The van der Waals surface area contributed by atoms with Crippen molar-refractivity contribution in [2.24, 2.45) is 5.92 Å². The first-order chi connectivity index (χ1) is 7.11. The van der Waals surface area contributed by atoms with Gasteiger partial charge in [0.25, 0.3) is 0 Å². The maximum absolute atomic E-state index is 11.5. The van der Waals surface area contributed by atoms with E-state index in [-0.39, 0.29) is 6.03 Å². The highest BCUT2D eigenvalue weighted by Crippen LogP contribution is 2.14. The third-order valence-electron chi connectivity index (χ3n) is 3.05. The highest BCUT2D eigenvalue weighted by molar-refractivity contribution is 5.75. The highest BCUT2D eigenvalue weighted by Gasteiger charge is 2.22. The number of urea groups is 1. The van der Waals surface area contributed by atoms with Gasteiger partial charge < -0.3 is 10.2 Å². The van der Waals surface area contributed by atoms with Gasteiger partial charge in [-0.2, -0.15) is 0 Å². The fraction of sp³-hybridized carbons (Fsp3) is 0.917. The average Bonchev–Trinajstić information content (AvgIpc) is 2.17. The zero-order chi connectivity index (χ0) is 11.3. The summed E-state index contributed by atoms with van der Waals surface area (Å²) in [5, 5.41) is 2.90. The lowest BCUT2D eigenvalue weighted by Gasteiger charge is -2.33. The van der Waals surface area contributed by atoms with Gasteiger partial charge >= 0.3 is 6.03 Å². The van der Waals surface area contributed by atoms with Crippen molar-refractivity contribution in [1.29, 1.82) is 0 Å². The SMILES string of the molecule is CC(C)CCCC(C)N1CCCNC1=O. The zero-order valence-corrected chi connectivity index (χ0v) is 10.3. The van der Waals surface area contributed by atoms with E-state index in [1.54, 1.807) is 0 Å². The minimum Gasteiger partial charge on any atom is -0.338 e. The molecule has 0 bridgehead atoms. The van der Waals surface area contributed by atoms with Crippen LogP contribution in [0, 0.1) is 5.92 Å². The van der Waals surface area contributed by atoms with Gasteiger partial charge in [-0.25, -0.2) is 4.79 Å². The molecule has 0 saturated carbocycles. The molecule has 0 radical (unpaired) electrons. The molecule has 0 aromatic rings. The maximum atomic E-state index is 11.5. The quantitative estimate of drug-likeness (QED) is 0.746. The Labute approximate surface area is 93.2 Å². The van der Waals surface area contributed by atoms with E-state index < -0.39 is 0 Å². The Bertz CT molecular complexity index is 204. The molecule has 1 aliphatic heterocycles. The van der Waals surface area contributed by atoms with E-state index in [1.807, 2.05) is 4.90 Å². The van der Waals surface area contributed by atoms with Gasteiger partial charge in [-0.15, -0.1) is 0 Å². The van der Waals surface area contributed by atoms with Crippen molar-refractivity contribution in [1.82, 2.24) is 10.2 Å². The summed E-state index contributed by atoms with van der Waals surface area (Å²) in [6, 6.07) is 0.516. The second-order valence-electron chi connectivity index (χ2n) is 4.95. The fourth-order valence-corrected chi connectivity index (χ4v) is 2.05. The van der Waals surface area contributed by atoms with Gasteiger partial charge in [-0.3, -0.25) is 0 Å². The van der Waals surface area contributed by atoms with Crippen LogP contribution in [0.5, 0.6) is 0 Å². The van der Waals surface area contributed by atoms with E-state index in [9.17, 15) is 4.79 Å². The molecular formula is C12H24N2O. The van der Waals surface area contributed by atoms with Gasteiger partial charge in [0.2, 0.25) is 0 Å². The highest BCUT2D eigenvalue weighted by atomic mass is 16.2. The zero-order valence-electron chi connectivity index (χ0n) is 10.3. The second kappa shape index (κ2) is 5.99. The van der Waals surface area contributed by atoms with E-state index in [2.05, 4.69) is 26.1 Å². The Kier molecular flexibility index (Phi) is 4.92. The number of hydrogen-bond donors (Lipinski definition) is 1. The van der Waals surface area contributed by atoms with E-state index >= 15 is 0 Å². The largest absolute Gasteiger partial charge is 0.338 e. The van der Waals surface area contributed by atoms with Gasteiger partial charge in [0.15, 0.2) is 0 Å². The van der Waals surface area contributed by atoms with Crippen LogP contribution >= 0.6 is 0 Å². The van der Waals surface area contributed by atoms with E-state index in [4.69, 9.17) is 0 Å². The summed E-state index contributed by atoms with van der Waals surface area (Å²) in [7, 11) is 0. The number of amides is 2. The van der Waals surface area contributed by atoms with Crippen LogP contribution in [0.25, 0.3) is 0 Å². The van der Waals surface area contributed by atoms with E-state index in [0.717, 1.165) is 31.8 Å². The minimum atomic E-state index is 0.123. The van der Waals surface area contributed by atoms with Crippen LogP contribution in [-0.2, 0) is 0 Å². The maximum Gasteiger partial charge on any atom is 0.317 e. The number of nitrogens with one attached hydrogen (secondary N) is 1. The lowest BCUT2D eigenvalue weighted by atomic mass is 10.0. The fourth-order valence-electron chi connectivity index (χ4n) is 2.05. The molecular weight excluding hydrogens is 188 g/mol. The molecule has 3 heteroatoms. The van der Waals surface area contributed by atoms with Crippen molar-refractivity contribution in [3.05, 3.63) is 0 Å². The van der Waals surface area contributed by atoms with Crippen LogP contribution in [0.1, 0.15) is 46.5 Å². The van der Waals surface area contributed by atoms with Crippen molar-refractivity contribution in [3.63, 3.8) is 0 Å². The van der Waals surface area contributed by atoms with Gasteiger partial charge in [-0.1, -0.05) is 26.7 Å². The van der Waals surface area contributed by atoms with Crippen molar-refractivity contribution < 1.29 is 4.79 Å². The van der Waals surface area contributed by atoms with Gasteiger partial charge in [-0.05, 0) is 25.7 Å². The number of carbonyl (C=O) groups is 1. The van der Waals surface area contributed by atoms with Crippen LogP contribution in [0.4, 0.5) is 4.79 Å². The summed E-state index contributed by atoms with van der Waals surface area (Å²) < 4.78 is 0. The molecule has 1 N–H and O–H groups in total. The van der Waals surface area contributed by atoms with Gasteiger partial charge in [0.05, 0.1) is 0 Å². The standard InChI is InChI=1S/C12H24N2O/c1-10(2)6-4-7-11(3)14-9-5-8-13-12(14)15/h10-11H,4-9H2,1-3H3,(H,13,15). The van der Waals surface area contributed by atoms with Gasteiger partial charge in [0.1, 0.15) is 0 Å². The predicted molar refractivity (Wildman–Crippen MR) is 62.9 cm³/mol. The summed E-state index contributed by atoms with van der Waals surface area (Å²) in [5.74, 6) is 0.771. The number of carbonyl (C=O) groups excluding carboxylic acids is 1. The predicted octanol–water partition coefficient (Wildman–Crippen LogP) is 2.62. The van der Waals surface area contributed by atoms with Crippen LogP contribution in [0.2, 0.25) is 0 Å². The second-order valence-corrected chi connectivity index (χ2v) is 4.95. The van der Waals surface area contributed by atoms with Crippen molar-refractivity contribution in [3.8, 4) is 0 Å². The van der Waals surface area contributed by atoms with Crippen LogP contribution in [0.3, 0.4) is 0 Å². The molecule has 1 rings (SSSR count). The van der Waals surface area contributed by atoms with E-state index in [1.165, 1.54) is 12.8 Å². The molecule has 0 aliphatic carbocycles. The third-order valence-corrected chi connectivity index (χ3v) is 3.05. The van der Waals surface area contributed by atoms with Crippen LogP contribution < -0.4 is 5.32 Å². The lowest BCUT2D eigenvalue weighted by molar-refractivity contribution is 0.161. The molecule has 0 aromatic carbocycles. The average molecular weight is 212 g/mol. The molecule has 1 atom stereocenters. The minimum absolute atomic E-state index is 0.123. The Morgan fingerprint density at radius 1 is 1.33 bits per heavy atom. The lowest BCUT2D eigenvalue weighted by Crippen LogP contribution is -2.50. The Morgan fingerprint density at radius 3 is 2.67 bits per heavy atom. The molecule has 1 unspecified atom stereocenters. The first-order valence-electron chi connectivity index (χ1n) is 6.15. The molecule has 3 nitrogen and oxygen atoms in total. The molecule has 1 aliphatic rings. The molecule has 88 valence electrons. The molecule has 2 amide bonds. The molecule has 1 fully saturated rings. The van der Waals surface area contributed by atoms with E-state index in [0.29, 0.717) is 6.04 Å². The van der Waals surface area contributed by atoms with Crippen LogP contribution in [0.15, 0.2) is 0 Å². The van der Waals surface area contributed by atoms with Crippen molar-refractivity contribution in [2.45, 2.75) is 52.5 Å².